The summed E-state index contributed by atoms with van der Waals surface area (Å²) in [7, 11) is 1.83. The van der Waals surface area contributed by atoms with Gasteiger partial charge in [0.1, 0.15) is 0 Å². The van der Waals surface area contributed by atoms with Gasteiger partial charge < -0.3 is 15.4 Å². The highest BCUT2D eigenvalue weighted by Crippen LogP contribution is 2.12. The van der Waals surface area contributed by atoms with Gasteiger partial charge in [-0.2, -0.15) is 5.10 Å². The number of aliphatic imine (C=N–C) groups is 1. The fourth-order valence-corrected chi connectivity index (χ4v) is 3.61. The maximum atomic E-state index is 5.49. The lowest BCUT2D eigenvalue weighted by molar-refractivity contribution is 0.00752. The zero-order valence-electron chi connectivity index (χ0n) is 18.4. The van der Waals surface area contributed by atoms with Gasteiger partial charge in [0.15, 0.2) is 5.96 Å². The van der Waals surface area contributed by atoms with Crippen LogP contribution in [0, 0.1) is 25.7 Å². The van der Waals surface area contributed by atoms with Crippen molar-refractivity contribution in [3.8, 4) is 0 Å². The Labute approximate surface area is 187 Å². The van der Waals surface area contributed by atoms with Crippen molar-refractivity contribution < 1.29 is 4.74 Å². The van der Waals surface area contributed by atoms with Crippen molar-refractivity contribution in [1.82, 2.24) is 25.3 Å². The minimum atomic E-state index is 0. The van der Waals surface area contributed by atoms with Crippen LogP contribution in [0.5, 0.6) is 0 Å². The van der Waals surface area contributed by atoms with Gasteiger partial charge in [-0.05, 0) is 31.7 Å². The monoisotopic (exact) mass is 506 g/mol. The molecule has 0 bridgehead atoms. The Bertz CT molecular complexity index is 598. The first kappa shape index (κ1) is 25.2. The number of nitrogens with one attached hydrogen (secondary N) is 2. The summed E-state index contributed by atoms with van der Waals surface area (Å²) in [5.41, 5.74) is 2.29. The molecule has 0 saturated carbocycles. The Kier molecular flexibility index (Phi) is 11.4. The van der Waals surface area contributed by atoms with E-state index in [0.29, 0.717) is 17.9 Å². The third kappa shape index (κ3) is 7.87. The van der Waals surface area contributed by atoms with Crippen LogP contribution in [0.3, 0.4) is 0 Å². The van der Waals surface area contributed by atoms with Gasteiger partial charge in [0.05, 0.1) is 18.9 Å². The molecule has 0 radical (unpaired) electrons. The van der Waals surface area contributed by atoms with Crippen LogP contribution in [-0.2, 0) is 11.3 Å². The highest BCUT2D eigenvalue weighted by atomic mass is 127. The van der Waals surface area contributed by atoms with Crippen LogP contribution < -0.4 is 10.6 Å². The third-order valence-corrected chi connectivity index (χ3v) is 5.19. The van der Waals surface area contributed by atoms with Crippen molar-refractivity contribution in [2.45, 2.75) is 47.2 Å². The van der Waals surface area contributed by atoms with Crippen LogP contribution in [0.2, 0.25) is 0 Å². The molecule has 1 aliphatic rings. The molecule has 0 spiro atoms. The van der Waals surface area contributed by atoms with E-state index in [9.17, 15) is 0 Å². The molecule has 2 heterocycles. The third-order valence-electron chi connectivity index (χ3n) is 5.19. The van der Waals surface area contributed by atoms with Crippen molar-refractivity contribution in [2.75, 3.05) is 46.4 Å². The highest BCUT2D eigenvalue weighted by Gasteiger charge is 2.23. The van der Waals surface area contributed by atoms with Crippen LogP contribution in [0.15, 0.2) is 11.1 Å². The van der Waals surface area contributed by atoms with Crippen molar-refractivity contribution in [1.29, 1.82) is 0 Å². The summed E-state index contributed by atoms with van der Waals surface area (Å²) in [5, 5.41) is 11.5. The number of guanidine groups is 1. The molecular formula is C20H39IN6O. The fraction of sp³-hybridized carbons (Fsp3) is 0.800. The molecule has 1 aliphatic heterocycles. The number of aryl methyl sites for hydroxylation is 2. The molecule has 0 aliphatic carbocycles. The van der Waals surface area contributed by atoms with E-state index >= 15 is 0 Å². The second-order valence-electron chi connectivity index (χ2n) is 8.01. The molecule has 1 fully saturated rings. The van der Waals surface area contributed by atoms with E-state index in [0.717, 1.165) is 57.6 Å². The second kappa shape index (κ2) is 12.6. The van der Waals surface area contributed by atoms with E-state index < -0.39 is 0 Å². The molecule has 2 atom stereocenters. The van der Waals surface area contributed by atoms with Gasteiger partial charge in [-0.1, -0.05) is 20.8 Å². The summed E-state index contributed by atoms with van der Waals surface area (Å²) in [6.07, 6.45) is 0. The molecule has 8 heteroatoms. The Morgan fingerprint density at radius 1 is 1.18 bits per heavy atom. The average molecular weight is 506 g/mol. The molecule has 0 aromatic carbocycles. The predicted molar refractivity (Wildman–Crippen MR) is 127 cm³/mol. The van der Waals surface area contributed by atoms with Gasteiger partial charge in [0, 0.05) is 51.5 Å². The Hall–Kier alpha value is -0.870. The smallest absolute Gasteiger partial charge is 0.191 e. The van der Waals surface area contributed by atoms with E-state index in [1.807, 2.05) is 14.0 Å². The quantitative estimate of drug-likeness (QED) is 0.322. The summed E-state index contributed by atoms with van der Waals surface area (Å²) in [5.74, 6) is 1.91. The minimum Gasteiger partial charge on any atom is -0.379 e. The normalized spacial score (nSPS) is 17.9. The fourth-order valence-electron chi connectivity index (χ4n) is 3.61. The van der Waals surface area contributed by atoms with Crippen molar-refractivity contribution in [3.63, 3.8) is 0 Å². The van der Waals surface area contributed by atoms with Gasteiger partial charge in [-0.15, -0.1) is 24.0 Å². The van der Waals surface area contributed by atoms with Crippen LogP contribution >= 0.6 is 24.0 Å². The van der Waals surface area contributed by atoms with Crippen LogP contribution in [0.1, 0.15) is 32.2 Å². The Morgan fingerprint density at radius 3 is 2.36 bits per heavy atom. The van der Waals surface area contributed by atoms with Crippen molar-refractivity contribution >= 4 is 29.9 Å². The minimum absolute atomic E-state index is 0. The molecule has 7 nitrogen and oxygen atoms in total. The molecule has 1 saturated heterocycles. The molecule has 28 heavy (non-hydrogen) atoms. The van der Waals surface area contributed by atoms with Gasteiger partial charge in [0.25, 0.3) is 0 Å². The van der Waals surface area contributed by atoms with Gasteiger partial charge in [-0.25, -0.2) is 0 Å². The predicted octanol–water partition coefficient (Wildman–Crippen LogP) is 2.28. The standard InChI is InChI=1S/C20H38N6O.HI/c1-15(2)19(25-7-9-27-10-8-25)13-23-20(21-6)22-12-16(3)14-26-18(5)11-17(4)24-26;/h11,15-16,19H,7-10,12-14H2,1-6H3,(H2,21,22,23);1H. The molecule has 1 aromatic heterocycles. The first-order valence-electron chi connectivity index (χ1n) is 10.2. The van der Waals surface area contributed by atoms with E-state index in [-0.39, 0.29) is 24.0 Å². The number of nitrogens with zero attached hydrogens (tertiary/aromatic N) is 4. The summed E-state index contributed by atoms with van der Waals surface area (Å²) in [4.78, 5) is 6.92. The first-order valence-corrected chi connectivity index (χ1v) is 10.2. The number of aromatic nitrogens is 2. The van der Waals surface area contributed by atoms with Crippen LogP contribution in [0.25, 0.3) is 0 Å². The Balaban J connectivity index is 0.00000392. The second-order valence-corrected chi connectivity index (χ2v) is 8.01. The van der Waals surface area contributed by atoms with E-state index in [4.69, 9.17) is 4.74 Å². The lowest BCUT2D eigenvalue weighted by atomic mass is 10.0. The first-order chi connectivity index (χ1) is 12.9. The summed E-state index contributed by atoms with van der Waals surface area (Å²) in [6.45, 7) is 17.3. The van der Waals surface area contributed by atoms with Gasteiger partial charge in [-0.3, -0.25) is 14.6 Å². The molecule has 2 rings (SSSR count). The van der Waals surface area contributed by atoms with Gasteiger partial charge >= 0.3 is 0 Å². The molecule has 162 valence electrons. The average Bonchev–Trinajstić information content (AvgIpc) is 2.95. The van der Waals surface area contributed by atoms with Gasteiger partial charge in [0.2, 0.25) is 0 Å². The number of halogens is 1. The van der Waals surface area contributed by atoms with Crippen LogP contribution in [-0.4, -0.2) is 73.1 Å². The van der Waals surface area contributed by atoms with E-state index in [2.05, 4.69) is 64.1 Å². The van der Waals surface area contributed by atoms with Crippen molar-refractivity contribution in [2.24, 2.45) is 16.8 Å². The Morgan fingerprint density at radius 2 is 1.82 bits per heavy atom. The summed E-state index contributed by atoms with van der Waals surface area (Å²) in [6, 6.07) is 2.61. The molecule has 0 amide bonds. The molecule has 1 aromatic rings. The van der Waals surface area contributed by atoms with E-state index in [1.165, 1.54) is 5.69 Å². The lowest BCUT2D eigenvalue weighted by Crippen LogP contribution is -2.52. The maximum Gasteiger partial charge on any atom is 0.191 e. The zero-order valence-corrected chi connectivity index (χ0v) is 20.7. The van der Waals surface area contributed by atoms with Crippen molar-refractivity contribution in [3.05, 3.63) is 17.5 Å². The lowest BCUT2D eigenvalue weighted by Gasteiger charge is -2.37. The SMILES string of the molecule is CN=C(NCC(C)Cn1nc(C)cc1C)NCC(C(C)C)N1CCOCC1.I. The number of hydrogen-bond acceptors (Lipinski definition) is 4. The number of morpholine rings is 1. The van der Waals surface area contributed by atoms with Crippen LogP contribution in [0.4, 0.5) is 0 Å². The summed E-state index contributed by atoms with van der Waals surface area (Å²) < 4.78 is 7.58. The maximum absolute atomic E-state index is 5.49. The topological polar surface area (TPSA) is 66.7 Å². The summed E-state index contributed by atoms with van der Waals surface area (Å²) >= 11 is 0. The van der Waals surface area contributed by atoms with E-state index in [1.54, 1.807) is 0 Å². The number of rotatable bonds is 8. The molecule has 2 unspecified atom stereocenters. The number of hydrogen-bond donors (Lipinski definition) is 2. The molecule has 2 N–H and O–H groups in total. The zero-order chi connectivity index (χ0) is 19.8. The molecular weight excluding hydrogens is 467 g/mol. The largest absolute Gasteiger partial charge is 0.379 e. The number of ether oxygens (including phenoxy) is 1. The highest BCUT2D eigenvalue weighted by molar-refractivity contribution is 14.0.